The number of carbonyl (C=O) groups is 1. The summed E-state index contributed by atoms with van der Waals surface area (Å²) in [5.41, 5.74) is 3.29. The van der Waals surface area contributed by atoms with Crippen molar-refractivity contribution in [1.29, 1.82) is 0 Å². The SMILES string of the molecule is Cc1cccc(C)c1NC(=O)C1CCCCC1C. The van der Waals surface area contributed by atoms with Gasteiger partial charge in [0.2, 0.25) is 5.91 Å². The van der Waals surface area contributed by atoms with E-state index in [1.807, 2.05) is 32.0 Å². The fourth-order valence-electron chi connectivity index (χ4n) is 2.93. The Hall–Kier alpha value is -1.31. The maximum Gasteiger partial charge on any atom is 0.227 e. The van der Waals surface area contributed by atoms with Gasteiger partial charge in [-0.3, -0.25) is 4.79 Å². The Bertz CT molecular complexity index is 418. The normalized spacial score (nSPS) is 23.7. The van der Waals surface area contributed by atoms with E-state index in [-0.39, 0.29) is 11.8 Å². The van der Waals surface area contributed by atoms with Crippen molar-refractivity contribution >= 4 is 11.6 Å². The monoisotopic (exact) mass is 245 g/mol. The lowest BCUT2D eigenvalue weighted by atomic mass is 9.80. The molecule has 2 rings (SSSR count). The predicted octanol–water partition coefficient (Wildman–Crippen LogP) is 4.07. The zero-order valence-electron chi connectivity index (χ0n) is 11.6. The summed E-state index contributed by atoms with van der Waals surface area (Å²) in [7, 11) is 0. The van der Waals surface area contributed by atoms with E-state index in [1.165, 1.54) is 19.3 Å². The van der Waals surface area contributed by atoms with Gasteiger partial charge < -0.3 is 5.32 Å². The van der Waals surface area contributed by atoms with Crippen molar-refractivity contribution in [2.24, 2.45) is 11.8 Å². The summed E-state index contributed by atoms with van der Waals surface area (Å²) in [5, 5.41) is 3.14. The molecule has 1 saturated carbocycles. The molecule has 1 N–H and O–H groups in total. The molecule has 2 unspecified atom stereocenters. The van der Waals surface area contributed by atoms with Gasteiger partial charge in [0, 0.05) is 11.6 Å². The average molecular weight is 245 g/mol. The molecule has 0 aliphatic heterocycles. The van der Waals surface area contributed by atoms with Crippen LogP contribution in [0.4, 0.5) is 5.69 Å². The first-order chi connectivity index (χ1) is 8.59. The van der Waals surface area contributed by atoms with Gasteiger partial charge in [0.15, 0.2) is 0 Å². The molecule has 98 valence electrons. The number of benzene rings is 1. The number of nitrogens with one attached hydrogen (secondary N) is 1. The molecule has 0 bridgehead atoms. The fraction of sp³-hybridized carbons (Fsp3) is 0.562. The minimum absolute atomic E-state index is 0.192. The maximum atomic E-state index is 12.4. The van der Waals surface area contributed by atoms with Crippen molar-refractivity contribution in [3.05, 3.63) is 29.3 Å². The number of amides is 1. The van der Waals surface area contributed by atoms with Crippen LogP contribution in [0.5, 0.6) is 0 Å². The zero-order valence-corrected chi connectivity index (χ0v) is 11.6. The van der Waals surface area contributed by atoms with Gasteiger partial charge in [0.25, 0.3) is 0 Å². The van der Waals surface area contributed by atoms with Crippen LogP contribution in [0.15, 0.2) is 18.2 Å². The maximum absolute atomic E-state index is 12.4. The summed E-state index contributed by atoms with van der Waals surface area (Å²) in [6, 6.07) is 6.13. The van der Waals surface area contributed by atoms with E-state index in [0.29, 0.717) is 5.92 Å². The van der Waals surface area contributed by atoms with Crippen LogP contribution in [-0.4, -0.2) is 5.91 Å². The second-order valence-electron chi connectivity index (χ2n) is 5.62. The van der Waals surface area contributed by atoms with E-state index < -0.39 is 0 Å². The molecule has 1 aromatic carbocycles. The van der Waals surface area contributed by atoms with Gasteiger partial charge in [-0.15, -0.1) is 0 Å². The number of rotatable bonds is 2. The first kappa shape index (κ1) is 13.1. The summed E-state index contributed by atoms with van der Waals surface area (Å²) >= 11 is 0. The second kappa shape index (κ2) is 5.55. The van der Waals surface area contributed by atoms with Crippen molar-refractivity contribution in [2.75, 3.05) is 5.32 Å². The number of anilines is 1. The molecule has 0 radical (unpaired) electrons. The summed E-state index contributed by atoms with van der Waals surface area (Å²) in [5.74, 6) is 0.917. The second-order valence-corrected chi connectivity index (χ2v) is 5.62. The van der Waals surface area contributed by atoms with Crippen molar-refractivity contribution in [3.8, 4) is 0 Å². The molecule has 0 heterocycles. The van der Waals surface area contributed by atoms with Crippen molar-refractivity contribution in [3.63, 3.8) is 0 Å². The Balaban J connectivity index is 2.11. The van der Waals surface area contributed by atoms with E-state index in [0.717, 1.165) is 23.2 Å². The van der Waals surface area contributed by atoms with E-state index in [9.17, 15) is 4.79 Å². The lowest BCUT2D eigenvalue weighted by Gasteiger charge is -2.28. The molecule has 1 aromatic rings. The van der Waals surface area contributed by atoms with Crippen LogP contribution in [0.1, 0.15) is 43.7 Å². The quantitative estimate of drug-likeness (QED) is 0.836. The lowest BCUT2D eigenvalue weighted by molar-refractivity contribution is -0.122. The van der Waals surface area contributed by atoms with Crippen LogP contribution >= 0.6 is 0 Å². The third-order valence-corrected chi connectivity index (χ3v) is 4.18. The zero-order chi connectivity index (χ0) is 13.1. The first-order valence-electron chi connectivity index (χ1n) is 6.96. The van der Waals surface area contributed by atoms with Crippen molar-refractivity contribution < 1.29 is 4.79 Å². The fourth-order valence-corrected chi connectivity index (χ4v) is 2.93. The van der Waals surface area contributed by atoms with Crippen LogP contribution in [-0.2, 0) is 4.79 Å². The van der Waals surface area contributed by atoms with Gasteiger partial charge in [0.05, 0.1) is 0 Å². The Morgan fingerprint density at radius 2 is 1.78 bits per heavy atom. The van der Waals surface area contributed by atoms with E-state index in [1.54, 1.807) is 0 Å². The topological polar surface area (TPSA) is 29.1 Å². The summed E-state index contributed by atoms with van der Waals surface area (Å²) < 4.78 is 0. The molecule has 1 amide bonds. The molecule has 1 fully saturated rings. The highest BCUT2D eigenvalue weighted by atomic mass is 16.1. The molecular formula is C16H23NO. The average Bonchev–Trinajstić information content (AvgIpc) is 2.34. The standard InChI is InChI=1S/C16H23NO/c1-11-7-4-5-10-14(11)16(18)17-15-12(2)8-6-9-13(15)3/h6,8-9,11,14H,4-5,7,10H2,1-3H3,(H,17,18). The molecule has 1 aliphatic rings. The van der Waals surface area contributed by atoms with Gasteiger partial charge in [0.1, 0.15) is 0 Å². The highest BCUT2D eigenvalue weighted by Crippen LogP contribution is 2.31. The number of carbonyl (C=O) groups excluding carboxylic acids is 1. The highest BCUT2D eigenvalue weighted by molar-refractivity contribution is 5.94. The van der Waals surface area contributed by atoms with Gasteiger partial charge in [-0.2, -0.15) is 0 Å². The van der Waals surface area contributed by atoms with Gasteiger partial charge >= 0.3 is 0 Å². The molecule has 0 aromatic heterocycles. The van der Waals surface area contributed by atoms with Crippen LogP contribution < -0.4 is 5.32 Å². The third-order valence-electron chi connectivity index (χ3n) is 4.18. The lowest BCUT2D eigenvalue weighted by Crippen LogP contribution is -2.30. The molecule has 0 saturated heterocycles. The number of hydrogen-bond acceptors (Lipinski definition) is 1. The van der Waals surface area contributed by atoms with Crippen molar-refractivity contribution in [1.82, 2.24) is 0 Å². The number of hydrogen-bond donors (Lipinski definition) is 1. The van der Waals surface area contributed by atoms with Crippen LogP contribution in [0.2, 0.25) is 0 Å². The largest absolute Gasteiger partial charge is 0.325 e. The van der Waals surface area contributed by atoms with Crippen LogP contribution in [0, 0.1) is 25.7 Å². The molecule has 2 atom stereocenters. The van der Waals surface area contributed by atoms with Gasteiger partial charge in [-0.25, -0.2) is 0 Å². The highest BCUT2D eigenvalue weighted by Gasteiger charge is 2.28. The van der Waals surface area contributed by atoms with E-state index >= 15 is 0 Å². The first-order valence-corrected chi connectivity index (χ1v) is 6.96. The van der Waals surface area contributed by atoms with E-state index in [4.69, 9.17) is 0 Å². The number of para-hydroxylation sites is 1. The number of aryl methyl sites for hydroxylation is 2. The Morgan fingerprint density at radius 3 is 2.39 bits per heavy atom. The summed E-state index contributed by atoms with van der Waals surface area (Å²) in [6.07, 6.45) is 4.69. The summed E-state index contributed by atoms with van der Waals surface area (Å²) in [4.78, 5) is 12.4. The predicted molar refractivity (Wildman–Crippen MR) is 75.7 cm³/mol. The van der Waals surface area contributed by atoms with Crippen LogP contribution in [0.25, 0.3) is 0 Å². The minimum atomic E-state index is 0.192. The molecular weight excluding hydrogens is 222 g/mol. The smallest absolute Gasteiger partial charge is 0.227 e. The molecule has 1 aliphatic carbocycles. The van der Waals surface area contributed by atoms with Gasteiger partial charge in [-0.1, -0.05) is 38.0 Å². The summed E-state index contributed by atoms with van der Waals surface area (Å²) in [6.45, 7) is 6.30. The Kier molecular flexibility index (Phi) is 4.05. The minimum Gasteiger partial charge on any atom is -0.325 e. The molecule has 2 nitrogen and oxygen atoms in total. The molecule has 18 heavy (non-hydrogen) atoms. The van der Waals surface area contributed by atoms with Crippen molar-refractivity contribution in [2.45, 2.75) is 46.5 Å². The van der Waals surface area contributed by atoms with Gasteiger partial charge in [-0.05, 0) is 43.7 Å². The molecule has 2 heteroatoms. The third kappa shape index (κ3) is 2.74. The molecule has 0 spiro atoms. The Morgan fingerprint density at radius 1 is 1.17 bits per heavy atom. The van der Waals surface area contributed by atoms with E-state index in [2.05, 4.69) is 12.2 Å². The van der Waals surface area contributed by atoms with Crippen LogP contribution in [0.3, 0.4) is 0 Å². The Labute approximate surface area is 110 Å².